The topological polar surface area (TPSA) is 81.4 Å². The van der Waals surface area contributed by atoms with E-state index in [0.717, 1.165) is 18.1 Å². The molecule has 7 nitrogen and oxygen atoms in total. The zero-order valence-electron chi connectivity index (χ0n) is 16.4. The average molecular weight is 390 g/mol. The maximum atomic E-state index is 11.1. The summed E-state index contributed by atoms with van der Waals surface area (Å²) in [6.07, 6.45) is -0.0264. The molecule has 1 unspecified atom stereocenters. The monoisotopic (exact) mass is 390 g/mol. The first-order valence-electron chi connectivity index (χ1n) is 9.54. The van der Waals surface area contributed by atoms with Crippen molar-refractivity contribution >= 4 is 11.5 Å². The minimum absolute atomic E-state index is 0.0264. The summed E-state index contributed by atoms with van der Waals surface area (Å²) in [4.78, 5) is 22.1. The number of aryl methyl sites for hydroxylation is 2. The minimum atomic E-state index is -0.408. The van der Waals surface area contributed by atoms with E-state index in [1.807, 2.05) is 25.1 Å². The van der Waals surface area contributed by atoms with Crippen LogP contribution in [0.2, 0.25) is 0 Å². The highest BCUT2D eigenvalue weighted by atomic mass is 16.6. The van der Waals surface area contributed by atoms with Crippen LogP contribution < -0.4 is 4.90 Å². The fourth-order valence-electron chi connectivity index (χ4n) is 3.60. The van der Waals surface area contributed by atoms with Gasteiger partial charge in [-0.3, -0.25) is 10.1 Å². The van der Waals surface area contributed by atoms with Crippen molar-refractivity contribution in [3.63, 3.8) is 0 Å². The molecule has 0 bridgehead atoms. The van der Waals surface area contributed by atoms with Crippen LogP contribution in [0, 0.1) is 24.0 Å². The highest BCUT2D eigenvalue weighted by Gasteiger charge is 2.24. The summed E-state index contributed by atoms with van der Waals surface area (Å²) in [7, 11) is 0. The maximum Gasteiger partial charge on any atom is 0.270 e. The van der Waals surface area contributed by atoms with Gasteiger partial charge in [-0.05, 0) is 25.0 Å². The van der Waals surface area contributed by atoms with Gasteiger partial charge in [-0.15, -0.1) is 0 Å². The predicted molar refractivity (Wildman–Crippen MR) is 111 cm³/mol. The molecule has 0 amide bonds. The summed E-state index contributed by atoms with van der Waals surface area (Å²) in [5, 5.41) is 11.1. The smallest absolute Gasteiger partial charge is 0.270 e. The van der Waals surface area contributed by atoms with Crippen LogP contribution in [-0.2, 0) is 4.74 Å². The Morgan fingerprint density at radius 2 is 1.93 bits per heavy atom. The van der Waals surface area contributed by atoms with Crippen LogP contribution in [0.4, 0.5) is 11.5 Å². The molecule has 0 aliphatic carbocycles. The van der Waals surface area contributed by atoms with Gasteiger partial charge in [0.05, 0.1) is 11.5 Å². The Morgan fingerprint density at radius 1 is 1.10 bits per heavy atom. The van der Waals surface area contributed by atoms with Gasteiger partial charge in [-0.1, -0.05) is 36.4 Å². The van der Waals surface area contributed by atoms with Gasteiger partial charge >= 0.3 is 0 Å². The second-order valence-electron chi connectivity index (χ2n) is 7.16. The van der Waals surface area contributed by atoms with E-state index in [4.69, 9.17) is 9.72 Å². The van der Waals surface area contributed by atoms with Crippen molar-refractivity contribution in [1.29, 1.82) is 0 Å². The van der Waals surface area contributed by atoms with Crippen molar-refractivity contribution in [1.82, 2.24) is 9.97 Å². The Hall–Kier alpha value is -3.32. The number of aromatic nitrogens is 2. The van der Waals surface area contributed by atoms with Crippen LogP contribution in [0.3, 0.4) is 0 Å². The van der Waals surface area contributed by atoms with E-state index in [9.17, 15) is 10.1 Å². The van der Waals surface area contributed by atoms with Crippen molar-refractivity contribution in [3.8, 4) is 11.4 Å². The molecule has 2 heterocycles. The number of nitro groups is 1. The van der Waals surface area contributed by atoms with E-state index < -0.39 is 4.92 Å². The summed E-state index contributed by atoms with van der Waals surface area (Å²) >= 11 is 0. The first-order valence-corrected chi connectivity index (χ1v) is 9.54. The van der Waals surface area contributed by atoms with E-state index in [1.165, 1.54) is 23.3 Å². The van der Waals surface area contributed by atoms with Crippen LogP contribution in [0.5, 0.6) is 0 Å². The molecular weight excluding hydrogens is 368 g/mol. The standard InChI is InChI=1S/C22H22N4O3/c1-15-6-3-4-9-19(15)20-14-25(10-11-29-20)21-12-16(2)23-22(24-21)17-7-5-8-18(13-17)26(27)28/h3-9,12-13,20H,10-11,14H2,1-2H3. The molecule has 1 saturated heterocycles. The Morgan fingerprint density at radius 3 is 2.72 bits per heavy atom. The fourth-order valence-corrected chi connectivity index (χ4v) is 3.60. The molecule has 0 radical (unpaired) electrons. The number of morpholine rings is 1. The highest BCUT2D eigenvalue weighted by Crippen LogP contribution is 2.29. The molecule has 148 valence electrons. The van der Waals surface area contributed by atoms with Crippen LogP contribution >= 0.6 is 0 Å². The Bertz CT molecular complexity index is 1050. The summed E-state index contributed by atoms with van der Waals surface area (Å²) < 4.78 is 6.02. The molecule has 2 aromatic carbocycles. The van der Waals surface area contributed by atoms with Crippen molar-refractivity contribution in [3.05, 3.63) is 81.5 Å². The highest BCUT2D eigenvalue weighted by molar-refractivity contribution is 5.61. The number of benzene rings is 2. The summed E-state index contributed by atoms with van der Waals surface area (Å²) in [5.74, 6) is 1.29. The molecule has 7 heteroatoms. The number of ether oxygens (including phenoxy) is 1. The molecule has 1 atom stereocenters. The zero-order chi connectivity index (χ0) is 20.4. The quantitative estimate of drug-likeness (QED) is 0.489. The number of rotatable bonds is 4. The third-order valence-corrected chi connectivity index (χ3v) is 5.08. The third kappa shape index (κ3) is 4.09. The van der Waals surface area contributed by atoms with Gasteiger partial charge in [0.25, 0.3) is 5.69 Å². The summed E-state index contributed by atoms with van der Waals surface area (Å²) in [6.45, 7) is 6.02. The first kappa shape index (κ1) is 19.0. The lowest BCUT2D eigenvalue weighted by molar-refractivity contribution is -0.384. The molecule has 0 spiro atoms. The number of hydrogen-bond acceptors (Lipinski definition) is 6. The average Bonchev–Trinajstić information content (AvgIpc) is 2.74. The molecule has 1 aliphatic heterocycles. The van der Waals surface area contributed by atoms with E-state index in [0.29, 0.717) is 24.5 Å². The number of hydrogen-bond donors (Lipinski definition) is 0. The van der Waals surface area contributed by atoms with Crippen molar-refractivity contribution < 1.29 is 9.66 Å². The van der Waals surface area contributed by atoms with Crippen LogP contribution in [0.15, 0.2) is 54.6 Å². The molecular formula is C22H22N4O3. The van der Waals surface area contributed by atoms with E-state index >= 15 is 0 Å². The normalized spacial score (nSPS) is 16.6. The number of nitro benzene ring substituents is 1. The molecule has 0 saturated carbocycles. The Balaban J connectivity index is 1.64. The van der Waals surface area contributed by atoms with Crippen molar-refractivity contribution in [2.75, 3.05) is 24.6 Å². The maximum absolute atomic E-state index is 11.1. The fraction of sp³-hybridized carbons (Fsp3) is 0.273. The largest absolute Gasteiger partial charge is 0.370 e. The SMILES string of the molecule is Cc1cc(N2CCOC(c3ccccc3C)C2)nc(-c2cccc([N+](=O)[O-])c2)n1. The lowest BCUT2D eigenvalue weighted by atomic mass is 10.0. The Labute approximate surface area is 169 Å². The van der Waals surface area contributed by atoms with Gasteiger partial charge < -0.3 is 9.64 Å². The molecule has 1 fully saturated rings. The first-order chi connectivity index (χ1) is 14.0. The molecule has 4 rings (SSSR count). The van der Waals surface area contributed by atoms with Gasteiger partial charge in [0.15, 0.2) is 5.82 Å². The minimum Gasteiger partial charge on any atom is -0.370 e. The summed E-state index contributed by atoms with van der Waals surface area (Å²) in [6, 6.07) is 16.6. The van der Waals surface area contributed by atoms with Gasteiger partial charge in [0.2, 0.25) is 0 Å². The van der Waals surface area contributed by atoms with Gasteiger partial charge in [0, 0.05) is 42.5 Å². The molecule has 1 aliphatic rings. The van der Waals surface area contributed by atoms with Gasteiger partial charge in [0.1, 0.15) is 11.9 Å². The van der Waals surface area contributed by atoms with E-state index in [2.05, 4.69) is 28.9 Å². The van der Waals surface area contributed by atoms with Crippen molar-refractivity contribution in [2.45, 2.75) is 20.0 Å². The van der Waals surface area contributed by atoms with E-state index in [-0.39, 0.29) is 11.8 Å². The number of nitrogens with zero attached hydrogens (tertiary/aromatic N) is 4. The molecule has 1 aromatic heterocycles. The Kier molecular flexibility index (Phi) is 5.22. The molecule has 3 aromatic rings. The lowest BCUT2D eigenvalue weighted by Gasteiger charge is -2.34. The number of non-ortho nitro benzene ring substituents is 1. The lowest BCUT2D eigenvalue weighted by Crippen LogP contribution is -2.39. The van der Waals surface area contributed by atoms with Crippen LogP contribution in [0.1, 0.15) is 22.9 Å². The second kappa shape index (κ2) is 7.97. The summed E-state index contributed by atoms with van der Waals surface area (Å²) in [5.41, 5.74) is 3.86. The zero-order valence-corrected chi connectivity index (χ0v) is 16.4. The third-order valence-electron chi connectivity index (χ3n) is 5.08. The van der Waals surface area contributed by atoms with Crippen LogP contribution in [0.25, 0.3) is 11.4 Å². The second-order valence-corrected chi connectivity index (χ2v) is 7.16. The van der Waals surface area contributed by atoms with E-state index in [1.54, 1.807) is 12.1 Å². The number of anilines is 1. The predicted octanol–water partition coefficient (Wildman–Crippen LogP) is 4.25. The molecule has 29 heavy (non-hydrogen) atoms. The molecule has 0 N–H and O–H groups in total. The van der Waals surface area contributed by atoms with Crippen LogP contribution in [-0.4, -0.2) is 34.6 Å². The van der Waals surface area contributed by atoms with Gasteiger partial charge in [-0.2, -0.15) is 0 Å². The van der Waals surface area contributed by atoms with Crippen molar-refractivity contribution in [2.24, 2.45) is 0 Å². The van der Waals surface area contributed by atoms with Gasteiger partial charge in [-0.25, -0.2) is 9.97 Å².